The summed E-state index contributed by atoms with van der Waals surface area (Å²) in [7, 11) is 3.74. The Morgan fingerprint density at radius 2 is 1.96 bits per heavy atom. The summed E-state index contributed by atoms with van der Waals surface area (Å²) in [5.74, 6) is 0.0797. The molecule has 0 fully saturated rings. The minimum Gasteiger partial charge on any atom is -0.387 e. The predicted molar refractivity (Wildman–Crippen MR) is 105 cm³/mol. The van der Waals surface area contributed by atoms with E-state index >= 15 is 0 Å². The van der Waals surface area contributed by atoms with Gasteiger partial charge in [0.15, 0.2) is 5.78 Å². The lowest BCUT2D eigenvalue weighted by molar-refractivity contribution is -0.112. The highest BCUT2D eigenvalue weighted by molar-refractivity contribution is 8.03. The van der Waals surface area contributed by atoms with E-state index in [0.717, 1.165) is 21.2 Å². The lowest BCUT2D eigenvalue weighted by Crippen LogP contribution is -2.16. The molecule has 25 heavy (non-hydrogen) atoms. The number of thioether (sulfide) groups is 2. The Morgan fingerprint density at radius 3 is 2.68 bits per heavy atom. The molecule has 2 aromatic rings. The van der Waals surface area contributed by atoms with Crippen molar-refractivity contribution in [2.75, 3.05) is 30.1 Å². The first-order valence-corrected chi connectivity index (χ1v) is 9.53. The molecule has 0 spiro atoms. The van der Waals surface area contributed by atoms with Gasteiger partial charge in [-0.3, -0.25) is 4.79 Å². The summed E-state index contributed by atoms with van der Waals surface area (Å²) in [4.78, 5) is 16.6. The third kappa shape index (κ3) is 3.53. The molecule has 4 nitrogen and oxygen atoms in total. The standard InChI is InChI=1S/C19H17N3OS2/c1-21-14-7-3-5-9-17(14)24-12-16(23)13(11-20)19-22(2)15-8-4-6-10-18(15)25-19/h3-10,21H,12H2,1-2H3/b19-13+. The number of ketones is 1. The zero-order valence-electron chi connectivity index (χ0n) is 13.9. The van der Waals surface area contributed by atoms with Crippen molar-refractivity contribution >= 4 is 40.7 Å². The molecule has 0 unspecified atom stereocenters. The molecule has 1 aliphatic rings. The van der Waals surface area contributed by atoms with Crippen LogP contribution in [0.1, 0.15) is 0 Å². The number of nitriles is 1. The Labute approximate surface area is 155 Å². The van der Waals surface area contributed by atoms with E-state index < -0.39 is 0 Å². The fraction of sp³-hybridized carbons (Fsp3) is 0.158. The number of anilines is 2. The van der Waals surface area contributed by atoms with Crippen LogP contribution in [0.2, 0.25) is 0 Å². The predicted octanol–water partition coefficient (Wildman–Crippen LogP) is 4.37. The summed E-state index contributed by atoms with van der Waals surface area (Å²) in [5, 5.41) is 13.4. The van der Waals surface area contributed by atoms with E-state index in [1.54, 1.807) is 0 Å². The van der Waals surface area contributed by atoms with Gasteiger partial charge in [0.1, 0.15) is 16.7 Å². The van der Waals surface area contributed by atoms with Gasteiger partial charge < -0.3 is 10.2 Å². The van der Waals surface area contributed by atoms with Gasteiger partial charge in [0.2, 0.25) is 0 Å². The largest absolute Gasteiger partial charge is 0.387 e. The number of hydrogen-bond acceptors (Lipinski definition) is 6. The quantitative estimate of drug-likeness (QED) is 0.481. The Hall–Kier alpha value is -2.36. The van der Waals surface area contributed by atoms with E-state index in [1.807, 2.05) is 67.5 Å². The molecule has 0 radical (unpaired) electrons. The fourth-order valence-corrected chi connectivity index (χ4v) is 4.66. The second-order valence-electron chi connectivity index (χ2n) is 5.38. The van der Waals surface area contributed by atoms with Crippen molar-refractivity contribution in [2.45, 2.75) is 9.79 Å². The van der Waals surface area contributed by atoms with Crippen molar-refractivity contribution in [3.63, 3.8) is 0 Å². The lowest BCUT2D eigenvalue weighted by Gasteiger charge is -2.14. The number of benzene rings is 2. The van der Waals surface area contributed by atoms with Gasteiger partial charge in [-0.1, -0.05) is 36.0 Å². The molecular weight excluding hydrogens is 350 g/mol. The molecule has 1 aliphatic heterocycles. The van der Waals surface area contributed by atoms with Gasteiger partial charge in [0.25, 0.3) is 0 Å². The van der Waals surface area contributed by atoms with Gasteiger partial charge >= 0.3 is 0 Å². The number of fused-ring (bicyclic) bond motifs is 1. The van der Waals surface area contributed by atoms with Crippen LogP contribution in [-0.2, 0) is 4.79 Å². The third-order valence-corrected chi connectivity index (χ3v) is 6.17. The van der Waals surface area contributed by atoms with Gasteiger partial charge in [-0.05, 0) is 24.3 Å². The Bertz CT molecular complexity index is 886. The van der Waals surface area contributed by atoms with Crippen molar-refractivity contribution in [3.8, 4) is 6.07 Å². The minimum atomic E-state index is -0.152. The van der Waals surface area contributed by atoms with Crippen LogP contribution < -0.4 is 10.2 Å². The van der Waals surface area contributed by atoms with Crippen molar-refractivity contribution in [2.24, 2.45) is 0 Å². The van der Waals surface area contributed by atoms with Crippen LogP contribution in [0.25, 0.3) is 0 Å². The van der Waals surface area contributed by atoms with Gasteiger partial charge in [0, 0.05) is 29.6 Å². The molecule has 0 amide bonds. The summed E-state index contributed by atoms with van der Waals surface area (Å²) >= 11 is 2.92. The number of nitrogens with zero attached hydrogens (tertiary/aromatic N) is 2. The first kappa shape index (κ1) is 17.5. The molecule has 2 aromatic carbocycles. The highest BCUT2D eigenvalue weighted by Gasteiger charge is 2.27. The van der Waals surface area contributed by atoms with E-state index in [9.17, 15) is 10.1 Å². The summed E-state index contributed by atoms with van der Waals surface area (Å²) in [5.41, 5.74) is 2.22. The minimum absolute atomic E-state index is 0.152. The lowest BCUT2D eigenvalue weighted by atomic mass is 10.2. The average molecular weight is 367 g/mol. The topological polar surface area (TPSA) is 56.1 Å². The van der Waals surface area contributed by atoms with Crippen molar-refractivity contribution in [1.82, 2.24) is 0 Å². The number of nitrogens with one attached hydrogen (secondary N) is 1. The second kappa shape index (κ2) is 7.68. The number of hydrogen-bond donors (Lipinski definition) is 1. The molecule has 3 rings (SSSR count). The van der Waals surface area contributed by atoms with Crippen LogP contribution in [0.4, 0.5) is 11.4 Å². The van der Waals surface area contributed by atoms with Gasteiger partial charge in [0.05, 0.1) is 11.4 Å². The number of carbonyl (C=O) groups is 1. The first-order chi connectivity index (χ1) is 12.2. The van der Waals surface area contributed by atoms with Crippen molar-refractivity contribution in [3.05, 3.63) is 59.1 Å². The number of para-hydroxylation sites is 2. The molecule has 0 aliphatic carbocycles. The highest BCUT2D eigenvalue weighted by Crippen LogP contribution is 2.46. The van der Waals surface area contributed by atoms with Gasteiger partial charge in [-0.25, -0.2) is 0 Å². The molecule has 0 atom stereocenters. The molecule has 0 bridgehead atoms. The van der Waals surface area contributed by atoms with Crippen LogP contribution in [-0.4, -0.2) is 25.6 Å². The summed E-state index contributed by atoms with van der Waals surface area (Å²) < 4.78 is 0. The molecule has 6 heteroatoms. The Balaban J connectivity index is 1.80. The zero-order valence-corrected chi connectivity index (χ0v) is 15.6. The zero-order chi connectivity index (χ0) is 17.8. The molecule has 0 aromatic heterocycles. The summed E-state index contributed by atoms with van der Waals surface area (Å²) in [6, 6.07) is 17.8. The number of carbonyl (C=O) groups excluding carboxylic acids is 1. The SMILES string of the molecule is CNc1ccccc1SCC(=O)/C(C#N)=C1/Sc2ccccc2N1C. The van der Waals surface area contributed by atoms with E-state index in [2.05, 4.69) is 11.4 Å². The Kier molecular flexibility index (Phi) is 5.37. The normalized spacial score (nSPS) is 14.7. The second-order valence-corrected chi connectivity index (χ2v) is 7.43. The molecular formula is C19H17N3OS2. The van der Waals surface area contributed by atoms with Gasteiger partial charge in [-0.2, -0.15) is 5.26 Å². The van der Waals surface area contributed by atoms with Gasteiger partial charge in [-0.15, -0.1) is 11.8 Å². The van der Waals surface area contributed by atoms with Crippen molar-refractivity contribution < 1.29 is 4.79 Å². The van der Waals surface area contributed by atoms with Crippen LogP contribution in [0.5, 0.6) is 0 Å². The highest BCUT2D eigenvalue weighted by atomic mass is 32.2. The fourth-order valence-electron chi connectivity index (χ4n) is 2.57. The van der Waals surface area contributed by atoms with Crippen LogP contribution in [0.3, 0.4) is 0 Å². The maximum absolute atomic E-state index is 12.7. The van der Waals surface area contributed by atoms with E-state index in [1.165, 1.54) is 23.5 Å². The molecule has 0 saturated carbocycles. The van der Waals surface area contributed by atoms with E-state index in [-0.39, 0.29) is 17.1 Å². The summed E-state index contributed by atoms with van der Waals surface area (Å²) in [6.07, 6.45) is 0. The number of allylic oxidation sites excluding steroid dienone is 1. The average Bonchev–Trinajstić information content (AvgIpc) is 2.98. The summed E-state index contributed by atoms with van der Waals surface area (Å²) in [6.45, 7) is 0. The number of rotatable bonds is 5. The number of Topliss-reactive ketones (excluding diaryl/α,β-unsaturated/α-hetero) is 1. The van der Waals surface area contributed by atoms with Crippen LogP contribution in [0.15, 0.2) is 68.9 Å². The van der Waals surface area contributed by atoms with E-state index in [0.29, 0.717) is 5.03 Å². The Morgan fingerprint density at radius 1 is 1.24 bits per heavy atom. The molecule has 1 N–H and O–H groups in total. The van der Waals surface area contributed by atoms with Crippen molar-refractivity contribution in [1.29, 1.82) is 5.26 Å². The molecule has 1 heterocycles. The van der Waals surface area contributed by atoms with E-state index in [4.69, 9.17) is 0 Å². The van der Waals surface area contributed by atoms with Crippen LogP contribution in [0, 0.1) is 11.3 Å². The maximum Gasteiger partial charge on any atom is 0.186 e. The monoisotopic (exact) mass is 367 g/mol. The first-order valence-electron chi connectivity index (χ1n) is 7.73. The maximum atomic E-state index is 12.7. The third-order valence-electron chi connectivity index (χ3n) is 3.86. The molecule has 0 saturated heterocycles. The molecule has 126 valence electrons. The smallest absolute Gasteiger partial charge is 0.186 e. The van der Waals surface area contributed by atoms with Crippen LogP contribution >= 0.6 is 23.5 Å².